The number of ether oxygens (including phenoxy) is 1. The first-order valence-electron chi connectivity index (χ1n) is 9.63. The van der Waals surface area contributed by atoms with Gasteiger partial charge in [-0.1, -0.05) is 6.07 Å². The number of furan rings is 1. The Balaban J connectivity index is 1.38. The van der Waals surface area contributed by atoms with Gasteiger partial charge in [0.25, 0.3) is 0 Å². The summed E-state index contributed by atoms with van der Waals surface area (Å²) in [6.07, 6.45) is 9.37. The van der Waals surface area contributed by atoms with Gasteiger partial charge in [-0.25, -0.2) is 0 Å². The zero-order chi connectivity index (χ0) is 17.8. The van der Waals surface area contributed by atoms with Gasteiger partial charge < -0.3 is 9.15 Å². The van der Waals surface area contributed by atoms with Crippen molar-refractivity contribution < 1.29 is 9.15 Å². The van der Waals surface area contributed by atoms with Gasteiger partial charge >= 0.3 is 0 Å². The topological polar surface area (TPSA) is 41.7 Å². The minimum Gasteiger partial charge on any atom is -0.468 e. The van der Waals surface area contributed by atoms with Crippen molar-refractivity contribution in [1.29, 1.82) is 0 Å². The molecule has 1 spiro atoms. The second-order valence-corrected chi connectivity index (χ2v) is 7.94. The highest BCUT2D eigenvalue weighted by atomic mass is 16.5. The van der Waals surface area contributed by atoms with Crippen LogP contribution >= 0.6 is 0 Å². The Morgan fingerprint density at radius 2 is 2.12 bits per heavy atom. The molecule has 26 heavy (non-hydrogen) atoms. The predicted octanol–water partition coefficient (Wildman–Crippen LogP) is 3.18. The molecule has 4 rings (SSSR count). The number of piperidine rings is 1. The van der Waals surface area contributed by atoms with Crippen molar-refractivity contribution in [2.75, 3.05) is 33.4 Å². The quantitative estimate of drug-likeness (QED) is 0.796. The van der Waals surface area contributed by atoms with E-state index in [1.165, 1.54) is 31.4 Å². The molecule has 0 N–H and O–H groups in total. The van der Waals surface area contributed by atoms with Crippen molar-refractivity contribution in [1.82, 2.24) is 14.8 Å². The van der Waals surface area contributed by atoms with Crippen LogP contribution in [0.3, 0.4) is 0 Å². The third-order valence-electron chi connectivity index (χ3n) is 6.07. The molecule has 0 aliphatic carbocycles. The second kappa shape index (κ2) is 7.91. The fourth-order valence-corrected chi connectivity index (χ4v) is 4.69. The summed E-state index contributed by atoms with van der Waals surface area (Å²) in [5.41, 5.74) is 1.73. The van der Waals surface area contributed by atoms with Gasteiger partial charge in [0.05, 0.1) is 19.4 Å². The number of nitrogens with zero attached hydrogens (tertiary/aromatic N) is 3. The van der Waals surface area contributed by atoms with E-state index in [4.69, 9.17) is 9.15 Å². The van der Waals surface area contributed by atoms with Gasteiger partial charge in [0.15, 0.2) is 0 Å². The molecule has 5 heteroatoms. The molecule has 0 bridgehead atoms. The van der Waals surface area contributed by atoms with Crippen LogP contribution in [-0.2, 0) is 17.8 Å². The number of pyridine rings is 1. The lowest BCUT2D eigenvalue weighted by Crippen LogP contribution is -2.41. The molecule has 2 aromatic heterocycles. The van der Waals surface area contributed by atoms with E-state index in [1.807, 2.05) is 31.6 Å². The lowest BCUT2D eigenvalue weighted by atomic mass is 9.76. The number of hydrogen-bond donors (Lipinski definition) is 0. The molecule has 0 amide bonds. The standard InChI is InChI=1S/C21H29N3O2/c1-25-16-19-12-21(17-24(19)14-18-4-2-8-22-13-18)6-9-23(10-7-21)15-20-5-3-11-26-20/h2-5,8,11,13,19H,6-7,9-10,12,14-17H2,1H3/t19-/m0/s1. The van der Waals surface area contributed by atoms with Crippen LogP contribution < -0.4 is 0 Å². The number of likely N-dealkylation sites (tertiary alicyclic amines) is 2. The first-order chi connectivity index (χ1) is 12.8. The highest BCUT2D eigenvalue weighted by molar-refractivity contribution is 5.10. The molecule has 2 saturated heterocycles. The van der Waals surface area contributed by atoms with E-state index in [1.54, 1.807) is 6.26 Å². The third kappa shape index (κ3) is 4.00. The van der Waals surface area contributed by atoms with E-state index in [0.29, 0.717) is 11.5 Å². The van der Waals surface area contributed by atoms with Crippen molar-refractivity contribution in [2.24, 2.45) is 5.41 Å². The maximum Gasteiger partial charge on any atom is 0.117 e. The van der Waals surface area contributed by atoms with Gasteiger partial charge in [-0.15, -0.1) is 0 Å². The first-order valence-corrected chi connectivity index (χ1v) is 9.63. The first kappa shape index (κ1) is 17.7. The molecule has 0 aromatic carbocycles. The van der Waals surface area contributed by atoms with E-state index in [2.05, 4.69) is 26.9 Å². The Bertz CT molecular complexity index is 666. The Morgan fingerprint density at radius 1 is 1.23 bits per heavy atom. The van der Waals surface area contributed by atoms with Crippen molar-refractivity contribution in [3.63, 3.8) is 0 Å². The average molecular weight is 355 g/mol. The molecule has 140 valence electrons. The van der Waals surface area contributed by atoms with Crippen LogP contribution in [0.5, 0.6) is 0 Å². The molecule has 2 aliphatic heterocycles. The molecule has 2 fully saturated rings. The smallest absolute Gasteiger partial charge is 0.117 e. The summed E-state index contributed by atoms with van der Waals surface area (Å²) in [5, 5.41) is 0. The fraction of sp³-hybridized carbons (Fsp3) is 0.571. The Kier molecular flexibility index (Phi) is 5.38. The van der Waals surface area contributed by atoms with Gasteiger partial charge in [-0.2, -0.15) is 0 Å². The molecular weight excluding hydrogens is 326 g/mol. The Morgan fingerprint density at radius 3 is 2.81 bits per heavy atom. The number of methoxy groups -OCH3 is 1. The van der Waals surface area contributed by atoms with Gasteiger partial charge in [0, 0.05) is 38.6 Å². The summed E-state index contributed by atoms with van der Waals surface area (Å²) in [6, 6.07) is 8.76. The maximum absolute atomic E-state index is 5.54. The summed E-state index contributed by atoms with van der Waals surface area (Å²) in [4.78, 5) is 9.41. The fourth-order valence-electron chi connectivity index (χ4n) is 4.69. The van der Waals surface area contributed by atoms with Crippen molar-refractivity contribution >= 4 is 0 Å². The molecule has 0 unspecified atom stereocenters. The molecule has 1 atom stereocenters. The van der Waals surface area contributed by atoms with E-state index < -0.39 is 0 Å². The van der Waals surface area contributed by atoms with E-state index >= 15 is 0 Å². The van der Waals surface area contributed by atoms with Gasteiger partial charge in [0.1, 0.15) is 5.76 Å². The minimum atomic E-state index is 0.436. The van der Waals surface area contributed by atoms with E-state index in [9.17, 15) is 0 Å². The Hall–Kier alpha value is -1.69. The Labute approximate surface area is 156 Å². The largest absolute Gasteiger partial charge is 0.468 e. The van der Waals surface area contributed by atoms with Gasteiger partial charge in [-0.05, 0) is 61.5 Å². The summed E-state index contributed by atoms with van der Waals surface area (Å²) in [6.45, 7) is 6.20. The zero-order valence-electron chi connectivity index (χ0n) is 15.6. The summed E-state index contributed by atoms with van der Waals surface area (Å²) in [7, 11) is 1.82. The summed E-state index contributed by atoms with van der Waals surface area (Å²) < 4.78 is 11.1. The maximum atomic E-state index is 5.54. The highest BCUT2D eigenvalue weighted by Crippen LogP contribution is 2.44. The third-order valence-corrected chi connectivity index (χ3v) is 6.07. The van der Waals surface area contributed by atoms with Crippen LogP contribution in [0.15, 0.2) is 47.3 Å². The number of rotatable bonds is 6. The lowest BCUT2D eigenvalue weighted by Gasteiger charge is -2.39. The van der Waals surface area contributed by atoms with Gasteiger partial charge in [-0.3, -0.25) is 14.8 Å². The minimum absolute atomic E-state index is 0.436. The van der Waals surface area contributed by atoms with Crippen molar-refractivity contribution in [3.8, 4) is 0 Å². The van der Waals surface area contributed by atoms with Crippen LogP contribution in [0.25, 0.3) is 0 Å². The molecule has 0 saturated carbocycles. The summed E-state index contributed by atoms with van der Waals surface area (Å²) in [5.74, 6) is 1.07. The predicted molar refractivity (Wildman–Crippen MR) is 101 cm³/mol. The molecule has 5 nitrogen and oxygen atoms in total. The lowest BCUT2D eigenvalue weighted by molar-refractivity contribution is 0.0966. The average Bonchev–Trinajstić information content (AvgIpc) is 3.27. The van der Waals surface area contributed by atoms with Crippen molar-refractivity contribution in [3.05, 3.63) is 54.2 Å². The van der Waals surface area contributed by atoms with Crippen LogP contribution in [-0.4, -0.2) is 54.2 Å². The number of aromatic nitrogens is 1. The van der Waals surface area contributed by atoms with Crippen LogP contribution in [0, 0.1) is 5.41 Å². The van der Waals surface area contributed by atoms with Crippen LogP contribution in [0.2, 0.25) is 0 Å². The van der Waals surface area contributed by atoms with Crippen LogP contribution in [0.4, 0.5) is 0 Å². The SMILES string of the molecule is COC[C@@H]1CC2(CCN(Cc3ccco3)CC2)CN1Cc1cccnc1. The van der Waals surface area contributed by atoms with E-state index in [0.717, 1.165) is 38.5 Å². The molecule has 4 heterocycles. The molecule has 2 aromatic rings. The highest BCUT2D eigenvalue weighted by Gasteiger charge is 2.45. The molecule has 0 radical (unpaired) electrons. The number of hydrogen-bond acceptors (Lipinski definition) is 5. The van der Waals surface area contributed by atoms with Gasteiger partial charge in [0.2, 0.25) is 0 Å². The normalized spacial score (nSPS) is 23.7. The monoisotopic (exact) mass is 355 g/mol. The molecule has 2 aliphatic rings. The van der Waals surface area contributed by atoms with Crippen LogP contribution in [0.1, 0.15) is 30.6 Å². The second-order valence-electron chi connectivity index (χ2n) is 7.94. The van der Waals surface area contributed by atoms with E-state index in [-0.39, 0.29) is 0 Å². The summed E-state index contributed by atoms with van der Waals surface area (Å²) >= 11 is 0. The molecular formula is C21H29N3O2. The zero-order valence-corrected chi connectivity index (χ0v) is 15.6. The van der Waals surface area contributed by atoms with Crippen molar-refractivity contribution in [2.45, 2.75) is 38.4 Å².